The average Bonchev–Trinajstić information content (AvgIpc) is 2.66. The van der Waals surface area contributed by atoms with Crippen LogP contribution in [0, 0.1) is 0 Å². The van der Waals surface area contributed by atoms with Gasteiger partial charge in [0.05, 0.1) is 17.1 Å². The highest BCUT2D eigenvalue weighted by molar-refractivity contribution is 5.78. The number of anilines is 1. The van der Waals surface area contributed by atoms with Gasteiger partial charge in [-0.15, -0.1) is 0 Å². The molecular formula is C13H20N4O. The number of fused-ring (bicyclic) bond motifs is 1. The third-order valence-corrected chi connectivity index (χ3v) is 2.81. The van der Waals surface area contributed by atoms with E-state index in [0.717, 1.165) is 30.1 Å². The molecule has 0 spiro atoms. The summed E-state index contributed by atoms with van der Waals surface area (Å²) in [6.07, 6.45) is -0.305. The van der Waals surface area contributed by atoms with Crippen molar-refractivity contribution in [2.75, 3.05) is 25.0 Å². The maximum absolute atomic E-state index is 9.11. The van der Waals surface area contributed by atoms with Crippen molar-refractivity contribution in [1.29, 1.82) is 0 Å². The Morgan fingerprint density at radius 3 is 2.83 bits per heavy atom. The van der Waals surface area contributed by atoms with Crippen molar-refractivity contribution in [3.8, 4) is 0 Å². The van der Waals surface area contributed by atoms with Crippen LogP contribution in [0.15, 0.2) is 24.3 Å². The van der Waals surface area contributed by atoms with Crippen LogP contribution < -0.4 is 10.6 Å². The van der Waals surface area contributed by atoms with Crippen LogP contribution in [0.5, 0.6) is 0 Å². The topological polar surface area (TPSA) is 62.1 Å². The van der Waals surface area contributed by atoms with Crippen LogP contribution in [0.4, 0.5) is 5.95 Å². The molecule has 0 aliphatic rings. The third kappa shape index (κ3) is 3.00. The van der Waals surface area contributed by atoms with Crippen molar-refractivity contribution in [2.45, 2.75) is 13.0 Å². The minimum Gasteiger partial charge on any atom is -0.392 e. The number of nitrogens with zero attached hydrogens (tertiary/aromatic N) is 2. The van der Waals surface area contributed by atoms with Crippen molar-refractivity contribution in [3.05, 3.63) is 24.3 Å². The highest BCUT2D eigenvalue weighted by Crippen LogP contribution is 2.16. The highest BCUT2D eigenvalue weighted by atomic mass is 16.3. The number of aliphatic hydroxyl groups is 1. The summed E-state index contributed by atoms with van der Waals surface area (Å²) >= 11 is 0. The van der Waals surface area contributed by atoms with Gasteiger partial charge in [0.1, 0.15) is 0 Å². The smallest absolute Gasteiger partial charge is 0.203 e. The lowest BCUT2D eigenvalue weighted by molar-refractivity contribution is 0.192. The predicted molar refractivity (Wildman–Crippen MR) is 73.8 cm³/mol. The summed E-state index contributed by atoms with van der Waals surface area (Å²) in [7, 11) is 2.00. The number of imidazole rings is 1. The van der Waals surface area contributed by atoms with Crippen LogP contribution in [0.2, 0.25) is 0 Å². The van der Waals surface area contributed by atoms with Crippen molar-refractivity contribution in [2.24, 2.45) is 7.05 Å². The van der Waals surface area contributed by atoms with Gasteiger partial charge in [-0.3, -0.25) is 0 Å². The molecule has 2 rings (SSSR count). The first-order valence-electron chi connectivity index (χ1n) is 6.22. The van der Waals surface area contributed by atoms with Crippen LogP contribution in [-0.4, -0.2) is 40.4 Å². The van der Waals surface area contributed by atoms with Crippen LogP contribution in [0.25, 0.3) is 11.0 Å². The SMILES string of the molecule is CC(O)CNCCNc1nc2ccccc2n1C. The number of aromatic nitrogens is 2. The quantitative estimate of drug-likeness (QED) is 0.666. The normalized spacial score (nSPS) is 12.8. The fraction of sp³-hybridized carbons (Fsp3) is 0.462. The molecule has 5 nitrogen and oxygen atoms in total. The zero-order valence-corrected chi connectivity index (χ0v) is 10.8. The molecule has 0 aliphatic carbocycles. The van der Waals surface area contributed by atoms with E-state index in [2.05, 4.69) is 21.7 Å². The Balaban J connectivity index is 1.90. The predicted octanol–water partition coefficient (Wildman–Crippen LogP) is 0.956. The van der Waals surface area contributed by atoms with Crippen LogP contribution >= 0.6 is 0 Å². The second-order valence-corrected chi connectivity index (χ2v) is 4.46. The molecule has 0 radical (unpaired) electrons. The van der Waals surface area contributed by atoms with Gasteiger partial charge in [-0.2, -0.15) is 0 Å². The summed E-state index contributed by atoms with van der Waals surface area (Å²) in [4.78, 5) is 4.52. The Hall–Kier alpha value is -1.59. The Morgan fingerprint density at radius 1 is 1.33 bits per heavy atom. The van der Waals surface area contributed by atoms with Gasteiger partial charge in [-0.1, -0.05) is 12.1 Å². The molecule has 0 fully saturated rings. The lowest BCUT2D eigenvalue weighted by Crippen LogP contribution is -2.29. The fourth-order valence-corrected chi connectivity index (χ4v) is 1.88. The number of para-hydroxylation sites is 2. The number of aliphatic hydroxyl groups excluding tert-OH is 1. The average molecular weight is 248 g/mol. The highest BCUT2D eigenvalue weighted by Gasteiger charge is 2.05. The summed E-state index contributed by atoms with van der Waals surface area (Å²) in [6.45, 7) is 3.97. The van der Waals surface area contributed by atoms with E-state index in [4.69, 9.17) is 5.11 Å². The number of hydrogen-bond acceptors (Lipinski definition) is 4. The largest absolute Gasteiger partial charge is 0.392 e. The van der Waals surface area contributed by atoms with Crippen molar-refractivity contribution in [3.63, 3.8) is 0 Å². The van der Waals surface area contributed by atoms with Crippen LogP contribution in [0.3, 0.4) is 0 Å². The molecule has 0 amide bonds. The maximum Gasteiger partial charge on any atom is 0.203 e. The van der Waals surface area contributed by atoms with E-state index in [0.29, 0.717) is 6.54 Å². The van der Waals surface area contributed by atoms with E-state index in [1.54, 1.807) is 6.92 Å². The Bertz CT molecular complexity index is 507. The van der Waals surface area contributed by atoms with E-state index in [1.807, 2.05) is 29.8 Å². The molecule has 0 aliphatic heterocycles. The number of hydrogen-bond donors (Lipinski definition) is 3. The molecule has 98 valence electrons. The summed E-state index contributed by atoms with van der Waals surface area (Å²) in [5, 5.41) is 15.6. The van der Waals surface area contributed by atoms with Gasteiger partial charge in [-0.05, 0) is 19.1 Å². The molecule has 18 heavy (non-hydrogen) atoms. The molecule has 1 unspecified atom stereocenters. The van der Waals surface area contributed by atoms with Gasteiger partial charge in [-0.25, -0.2) is 4.98 Å². The second-order valence-electron chi connectivity index (χ2n) is 4.46. The van der Waals surface area contributed by atoms with Crippen molar-refractivity contribution in [1.82, 2.24) is 14.9 Å². The van der Waals surface area contributed by atoms with E-state index >= 15 is 0 Å². The Morgan fingerprint density at radius 2 is 2.11 bits per heavy atom. The number of rotatable bonds is 6. The van der Waals surface area contributed by atoms with Crippen molar-refractivity contribution < 1.29 is 5.11 Å². The van der Waals surface area contributed by atoms with Gasteiger partial charge >= 0.3 is 0 Å². The lowest BCUT2D eigenvalue weighted by Gasteiger charge is -2.08. The molecule has 5 heteroatoms. The standard InChI is InChI=1S/C13H20N4O/c1-10(18)9-14-7-8-15-13-16-11-5-3-4-6-12(11)17(13)2/h3-6,10,14,18H,7-9H2,1-2H3,(H,15,16). The molecule has 2 aromatic rings. The van der Waals surface area contributed by atoms with Gasteiger partial charge < -0.3 is 20.3 Å². The Kier molecular flexibility index (Phi) is 4.17. The molecule has 1 aromatic carbocycles. The van der Waals surface area contributed by atoms with Crippen LogP contribution in [-0.2, 0) is 7.05 Å². The number of benzene rings is 1. The number of aryl methyl sites for hydroxylation is 1. The minimum atomic E-state index is -0.305. The monoisotopic (exact) mass is 248 g/mol. The summed E-state index contributed by atoms with van der Waals surface area (Å²) in [5.41, 5.74) is 2.12. The zero-order chi connectivity index (χ0) is 13.0. The van der Waals surface area contributed by atoms with Gasteiger partial charge in [0.15, 0.2) is 0 Å². The molecule has 0 saturated heterocycles. The Labute approximate surface area is 107 Å². The van der Waals surface area contributed by atoms with Crippen molar-refractivity contribution >= 4 is 17.0 Å². The zero-order valence-electron chi connectivity index (χ0n) is 10.8. The molecule has 3 N–H and O–H groups in total. The first-order chi connectivity index (χ1) is 8.68. The molecule has 0 bridgehead atoms. The molecule has 1 aromatic heterocycles. The molecule has 1 heterocycles. The first kappa shape index (κ1) is 12.9. The minimum absolute atomic E-state index is 0.305. The summed E-state index contributed by atoms with van der Waals surface area (Å²) < 4.78 is 2.05. The van der Waals surface area contributed by atoms with Gasteiger partial charge in [0.2, 0.25) is 5.95 Å². The van der Waals surface area contributed by atoms with Gasteiger partial charge in [0.25, 0.3) is 0 Å². The number of nitrogens with one attached hydrogen (secondary N) is 2. The van der Waals surface area contributed by atoms with E-state index < -0.39 is 0 Å². The summed E-state index contributed by atoms with van der Waals surface area (Å²) in [6, 6.07) is 8.06. The summed E-state index contributed by atoms with van der Waals surface area (Å²) in [5.74, 6) is 0.870. The second kappa shape index (κ2) is 5.84. The maximum atomic E-state index is 9.11. The van der Waals surface area contributed by atoms with E-state index in [-0.39, 0.29) is 6.10 Å². The van der Waals surface area contributed by atoms with Crippen LogP contribution in [0.1, 0.15) is 6.92 Å². The molecule has 1 atom stereocenters. The third-order valence-electron chi connectivity index (χ3n) is 2.81. The van der Waals surface area contributed by atoms with E-state index in [1.165, 1.54) is 0 Å². The lowest BCUT2D eigenvalue weighted by atomic mass is 10.3. The first-order valence-corrected chi connectivity index (χ1v) is 6.22. The van der Waals surface area contributed by atoms with Gasteiger partial charge in [0, 0.05) is 26.7 Å². The molecular weight excluding hydrogens is 228 g/mol. The molecule has 0 saturated carbocycles. The fourth-order valence-electron chi connectivity index (χ4n) is 1.88. The van der Waals surface area contributed by atoms with E-state index in [9.17, 15) is 0 Å².